The number of piperidine rings is 1. The minimum Gasteiger partial charge on any atom is -0.506 e. The van der Waals surface area contributed by atoms with Crippen molar-refractivity contribution in [3.8, 4) is 16.9 Å². The Balaban J connectivity index is 0.819. The van der Waals surface area contributed by atoms with Crippen LogP contribution in [0.2, 0.25) is 18.1 Å². The molecule has 1 fully saturated rings. The predicted molar refractivity (Wildman–Crippen MR) is 273 cm³/mol. The van der Waals surface area contributed by atoms with Crippen molar-refractivity contribution in [3.63, 3.8) is 0 Å². The van der Waals surface area contributed by atoms with Crippen molar-refractivity contribution in [3.05, 3.63) is 160 Å². The van der Waals surface area contributed by atoms with Gasteiger partial charge in [-0.25, -0.2) is 4.79 Å². The number of benzene rings is 5. The molecule has 3 amide bonds. The second-order valence-corrected chi connectivity index (χ2v) is 23.7. The molecule has 68 heavy (non-hydrogen) atoms. The maximum absolute atomic E-state index is 13.3. The van der Waals surface area contributed by atoms with Crippen molar-refractivity contribution in [2.75, 3.05) is 43.4 Å². The molecule has 0 radical (unpaired) electrons. The Morgan fingerprint density at radius 3 is 2.32 bits per heavy atom. The minimum atomic E-state index is -2.21. The summed E-state index contributed by atoms with van der Waals surface area (Å²) in [7, 11) is -2.21. The van der Waals surface area contributed by atoms with Gasteiger partial charge in [0.05, 0.1) is 17.3 Å². The molecule has 1 aliphatic rings. The van der Waals surface area contributed by atoms with Gasteiger partial charge >= 0.3 is 6.09 Å². The molecule has 356 valence electrons. The molecule has 1 saturated heterocycles. The number of amides is 3. The number of pyridine rings is 1. The van der Waals surface area contributed by atoms with Crippen molar-refractivity contribution in [2.45, 2.75) is 83.3 Å². The summed E-state index contributed by atoms with van der Waals surface area (Å²) in [5.41, 5.74) is 6.75. The van der Waals surface area contributed by atoms with Crippen LogP contribution in [0.4, 0.5) is 16.2 Å². The van der Waals surface area contributed by atoms with Gasteiger partial charge in [-0.2, -0.15) is 0 Å². The largest absolute Gasteiger partial charge is 0.506 e. The van der Waals surface area contributed by atoms with Gasteiger partial charge in [0.1, 0.15) is 11.9 Å². The third-order valence-electron chi connectivity index (χ3n) is 13.0. The Labute approximate surface area is 399 Å². The maximum Gasteiger partial charge on any atom is 0.411 e. The molecule has 1 unspecified atom stereocenters. The fraction of sp³-hybridized carbons (Fsp3) is 0.333. The molecule has 0 spiro atoms. The molecule has 1 aliphatic heterocycles. The minimum absolute atomic E-state index is 0.0188. The lowest BCUT2D eigenvalue weighted by atomic mass is 10.0. The van der Waals surface area contributed by atoms with Crippen molar-refractivity contribution in [1.82, 2.24) is 20.5 Å². The summed E-state index contributed by atoms with van der Waals surface area (Å²) in [6, 6.07) is 39.3. The van der Waals surface area contributed by atoms with E-state index in [9.17, 15) is 24.3 Å². The lowest BCUT2D eigenvalue weighted by Crippen LogP contribution is -2.43. The van der Waals surface area contributed by atoms with Crippen LogP contribution in [0.3, 0.4) is 0 Å². The van der Waals surface area contributed by atoms with E-state index in [1.807, 2.05) is 97.1 Å². The number of carbonyl (C=O) groups excluding carboxylic acids is 3. The number of phenols is 1. The number of aromatic hydroxyl groups is 1. The van der Waals surface area contributed by atoms with Crippen LogP contribution in [0.1, 0.15) is 73.2 Å². The summed E-state index contributed by atoms with van der Waals surface area (Å²) in [4.78, 5) is 56.0. The number of H-pyrrole nitrogens is 1. The van der Waals surface area contributed by atoms with Crippen LogP contribution < -0.4 is 26.8 Å². The summed E-state index contributed by atoms with van der Waals surface area (Å²) in [5.74, 6) is -0.299. The van der Waals surface area contributed by atoms with E-state index < -0.39 is 14.4 Å². The molecule has 6 N–H and O–H groups in total. The monoisotopic (exact) mass is 936 g/mol. The summed E-state index contributed by atoms with van der Waals surface area (Å²) < 4.78 is 12.7. The van der Waals surface area contributed by atoms with Gasteiger partial charge in [0.25, 0.3) is 5.91 Å². The first kappa shape index (κ1) is 49.3. The molecule has 0 saturated carbocycles. The van der Waals surface area contributed by atoms with Gasteiger partial charge in [0.15, 0.2) is 8.32 Å². The standard InChI is InChI=1S/C54H64N6O7Si/c1-54(2,3)68(4,5)67-48(44-22-24-47(61)51-45(44)23-25-50(63)59-51)36-55-30-26-37-18-20-41(21-19-37)57-52(64)40-15-11-12-38(34-40)35-56-49(62)29-33-60-31-27-42(28-32-60)66-53(65)58-46-17-10-9-16-43(46)39-13-7-6-8-14-39/h6-25,34,42,48,55,61H,26-33,35-36H2,1-5H3,(H,56,62)(H,57,64)(H,58,65)(H,59,63). The van der Waals surface area contributed by atoms with E-state index >= 15 is 0 Å². The van der Waals surface area contributed by atoms with E-state index in [0.717, 1.165) is 52.7 Å². The van der Waals surface area contributed by atoms with Crippen LogP contribution in [-0.4, -0.2) is 80.0 Å². The summed E-state index contributed by atoms with van der Waals surface area (Å²) in [6.07, 6.45) is 1.49. The second kappa shape index (κ2) is 22.5. The fourth-order valence-electron chi connectivity index (χ4n) is 8.09. The second-order valence-electron chi connectivity index (χ2n) is 19.0. The molecule has 2 heterocycles. The number of para-hydroxylation sites is 1. The Morgan fingerprint density at radius 2 is 1.57 bits per heavy atom. The third kappa shape index (κ3) is 13.3. The molecule has 1 aromatic heterocycles. The fourth-order valence-corrected chi connectivity index (χ4v) is 9.36. The van der Waals surface area contributed by atoms with Crippen LogP contribution in [0.5, 0.6) is 5.75 Å². The van der Waals surface area contributed by atoms with Gasteiger partial charge in [-0.15, -0.1) is 0 Å². The first-order valence-corrected chi connectivity index (χ1v) is 26.4. The Bertz CT molecular complexity index is 2730. The molecule has 7 rings (SSSR count). The van der Waals surface area contributed by atoms with E-state index in [4.69, 9.17) is 9.16 Å². The number of nitrogens with zero attached hydrogens (tertiary/aromatic N) is 1. The van der Waals surface area contributed by atoms with Crippen molar-refractivity contribution in [1.29, 1.82) is 0 Å². The van der Waals surface area contributed by atoms with E-state index in [1.165, 1.54) is 6.07 Å². The summed E-state index contributed by atoms with van der Waals surface area (Å²) >= 11 is 0. The predicted octanol–water partition coefficient (Wildman–Crippen LogP) is 9.77. The lowest BCUT2D eigenvalue weighted by molar-refractivity contribution is -0.121. The number of aromatic nitrogens is 1. The zero-order chi connectivity index (χ0) is 48.3. The van der Waals surface area contributed by atoms with Crippen LogP contribution in [0.15, 0.2) is 132 Å². The number of ether oxygens (including phenoxy) is 1. The van der Waals surface area contributed by atoms with Gasteiger partial charge in [0, 0.05) is 67.4 Å². The highest BCUT2D eigenvalue weighted by molar-refractivity contribution is 6.74. The van der Waals surface area contributed by atoms with Crippen molar-refractivity contribution in [2.24, 2.45) is 0 Å². The molecule has 0 aliphatic carbocycles. The topological polar surface area (TPSA) is 174 Å². The molecule has 13 nitrogen and oxygen atoms in total. The molecule has 14 heteroatoms. The van der Waals surface area contributed by atoms with Gasteiger partial charge in [-0.05, 0) is 109 Å². The quantitative estimate of drug-likeness (QED) is 0.0362. The normalized spacial score (nSPS) is 14.0. The lowest BCUT2D eigenvalue weighted by Gasteiger charge is -2.39. The number of carbonyl (C=O) groups is 3. The average molecular weight is 937 g/mol. The van der Waals surface area contributed by atoms with E-state index in [-0.39, 0.29) is 40.4 Å². The molecule has 1 atom stereocenters. The van der Waals surface area contributed by atoms with Gasteiger partial charge in [-0.3, -0.25) is 19.7 Å². The molecule has 6 aromatic rings. The zero-order valence-electron chi connectivity index (χ0n) is 39.7. The van der Waals surface area contributed by atoms with Gasteiger partial charge in [-0.1, -0.05) is 99.6 Å². The highest BCUT2D eigenvalue weighted by atomic mass is 28.4. The summed E-state index contributed by atoms with van der Waals surface area (Å²) in [5, 5.41) is 23.7. The van der Waals surface area contributed by atoms with Gasteiger partial charge < -0.3 is 40.1 Å². The van der Waals surface area contributed by atoms with E-state index in [0.29, 0.717) is 67.9 Å². The number of likely N-dealkylation sites (tertiary alicyclic amines) is 1. The number of nitrogens with one attached hydrogen (secondary N) is 5. The third-order valence-corrected chi connectivity index (χ3v) is 17.5. The maximum atomic E-state index is 13.3. The van der Waals surface area contributed by atoms with Crippen LogP contribution >= 0.6 is 0 Å². The Morgan fingerprint density at radius 1 is 0.838 bits per heavy atom. The van der Waals surface area contributed by atoms with E-state index in [1.54, 1.807) is 24.3 Å². The smallest absolute Gasteiger partial charge is 0.411 e. The van der Waals surface area contributed by atoms with Crippen molar-refractivity contribution < 1.29 is 28.7 Å². The first-order valence-electron chi connectivity index (χ1n) is 23.5. The number of aromatic amines is 1. The van der Waals surface area contributed by atoms with Crippen molar-refractivity contribution >= 4 is 48.5 Å². The van der Waals surface area contributed by atoms with Crippen LogP contribution in [0.25, 0.3) is 22.0 Å². The Kier molecular flexibility index (Phi) is 16.3. The SMILES string of the molecule is CC(C)(C)[Si](C)(C)OC(CNCCc1ccc(NC(=O)c2cccc(CNC(=O)CCN3CCC(OC(=O)Nc4ccccc4-c4ccccc4)CC3)c2)cc1)c1ccc(O)c2[nH]c(=O)ccc12. The average Bonchev–Trinajstić information content (AvgIpc) is 3.32. The molecular weight excluding hydrogens is 873 g/mol. The van der Waals surface area contributed by atoms with Gasteiger partial charge in [0.2, 0.25) is 11.5 Å². The summed E-state index contributed by atoms with van der Waals surface area (Å²) in [6.45, 7) is 14.6. The molecule has 0 bridgehead atoms. The van der Waals surface area contributed by atoms with E-state index in [2.05, 4.69) is 65.0 Å². The Hall–Kier alpha value is -6.58. The van der Waals surface area contributed by atoms with Crippen LogP contribution in [-0.2, 0) is 26.9 Å². The number of rotatable bonds is 18. The number of hydrogen-bond acceptors (Lipinski definition) is 9. The number of anilines is 2. The highest BCUT2D eigenvalue weighted by Crippen LogP contribution is 2.41. The number of fused-ring (bicyclic) bond motifs is 1. The van der Waals surface area contributed by atoms with Crippen LogP contribution in [0, 0.1) is 0 Å². The zero-order valence-corrected chi connectivity index (χ0v) is 40.7. The first-order chi connectivity index (χ1) is 32.6. The number of phenolic OH excluding ortho intramolecular Hbond substituents is 1. The molecular formula is C54H64N6O7Si. The highest BCUT2D eigenvalue weighted by Gasteiger charge is 2.40. The molecule has 5 aromatic carbocycles. The number of hydrogen-bond donors (Lipinski definition) is 6.